The largest absolute Gasteiger partial charge is 0.497 e. The van der Waals surface area contributed by atoms with Crippen molar-refractivity contribution in [3.63, 3.8) is 0 Å². The van der Waals surface area contributed by atoms with Crippen LogP contribution < -0.4 is 4.74 Å². The summed E-state index contributed by atoms with van der Waals surface area (Å²) in [6, 6.07) is 15.3. The number of hydrogen-bond donors (Lipinski definition) is 0. The Labute approximate surface area is 164 Å². The number of ether oxygens (including phenoxy) is 1. The molecule has 1 unspecified atom stereocenters. The number of amides is 1. The van der Waals surface area contributed by atoms with Crippen molar-refractivity contribution in [1.29, 1.82) is 0 Å². The Morgan fingerprint density at radius 3 is 2.78 bits per heavy atom. The van der Waals surface area contributed by atoms with Crippen molar-refractivity contribution in [2.75, 3.05) is 13.7 Å². The first kappa shape index (κ1) is 19.2. The summed E-state index contributed by atoms with van der Waals surface area (Å²) in [6.07, 6.45) is 0.950. The normalized spacial score (nSPS) is 15.8. The lowest BCUT2D eigenvalue weighted by Crippen LogP contribution is -2.36. The van der Waals surface area contributed by atoms with Crippen molar-refractivity contribution in [3.05, 3.63) is 64.7 Å². The van der Waals surface area contributed by atoms with Crippen molar-refractivity contribution in [3.8, 4) is 5.75 Å². The molecule has 2 aromatic rings. The molecule has 1 atom stereocenters. The molecular formula is C21H23ClN2O3. The van der Waals surface area contributed by atoms with Gasteiger partial charge >= 0.3 is 0 Å². The molecule has 0 aliphatic carbocycles. The number of nitrogens with zero attached hydrogens (tertiary/aromatic N) is 2. The van der Waals surface area contributed by atoms with Gasteiger partial charge in [-0.25, -0.2) is 0 Å². The third kappa shape index (κ3) is 5.01. The first-order valence-corrected chi connectivity index (χ1v) is 9.36. The van der Waals surface area contributed by atoms with Gasteiger partial charge in [0.25, 0.3) is 0 Å². The average Bonchev–Trinajstić information content (AvgIpc) is 3.16. The fraction of sp³-hybridized carbons (Fsp3) is 0.333. The Hall–Kier alpha value is -2.53. The highest BCUT2D eigenvalue weighted by Gasteiger charge is 2.26. The smallest absolute Gasteiger partial charge is 0.222 e. The van der Waals surface area contributed by atoms with Crippen LogP contribution in [0, 0.1) is 0 Å². The minimum absolute atomic E-state index is 0.0846. The highest BCUT2D eigenvalue weighted by atomic mass is 35.5. The van der Waals surface area contributed by atoms with Gasteiger partial charge < -0.3 is 14.5 Å². The van der Waals surface area contributed by atoms with Crippen molar-refractivity contribution < 1.29 is 14.4 Å². The molecule has 3 rings (SSSR count). The monoisotopic (exact) mass is 386 g/mol. The van der Waals surface area contributed by atoms with Gasteiger partial charge in [-0.15, -0.1) is 0 Å². The average molecular weight is 387 g/mol. The highest BCUT2D eigenvalue weighted by molar-refractivity contribution is 6.30. The van der Waals surface area contributed by atoms with E-state index < -0.39 is 0 Å². The van der Waals surface area contributed by atoms with Crippen molar-refractivity contribution in [2.24, 2.45) is 5.16 Å². The lowest BCUT2D eigenvalue weighted by atomic mass is 10.0. The van der Waals surface area contributed by atoms with Crippen LogP contribution in [-0.4, -0.2) is 36.3 Å². The van der Waals surface area contributed by atoms with Crippen LogP contribution in [0.4, 0.5) is 0 Å². The van der Waals surface area contributed by atoms with Crippen LogP contribution in [-0.2, 0) is 16.2 Å². The summed E-state index contributed by atoms with van der Waals surface area (Å²) in [6.45, 7) is 2.87. The van der Waals surface area contributed by atoms with Crippen LogP contribution >= 0.6 is 11.6 Å². The van der Waals surface area contributed by atoms with E-state index in [1.165, 1.54) is 0 Å². The van der Waals surface area contributed by atoms with Crippen molar-refractivity contribution in [2.45, 2.75) is 32.4 Å². The van der Waals surface area contributed by atoms with Crippen molar-refractivity contribution in [1.82, 2.24) is 4.90 Å². The first-order valence-electron chi connectivity index (χ1n) is 8.98. The van der Waals surface area contributed by atoms with Gasteiger partial charge in [0.05, 0.1) is 19.4 Å². The first-order chi connectivity index (χ1) is 13.1. The van der Waals surface area contributed by atoms with Gasteiger partial charge in [0.1, 0.15) is 5.75 Å². The molecule has 142 valence electrons. The van der Waals surface area contributed by atoms with Crippen LogP contribution in [0.5, 0.6) is 5.75 Å². The molecule has 0 saturated carbocycles. The minimum atomic E-state index is -0.156. The minimum Gasteiger partial charge on any atom is -0.497 e. The Morgan fingerprint density at radius 1 is 1.30 bits per heavy atom. The lowest BCUT2D eigenvalue weighted by molar-refractivity contribution is -0.133. The van der Waals surface area contributed by atoms with E-state index >= 15 is 0 Å². The molecule has 1 aliphatic rings. The molecule has 6 heteroatoms. The van der Waals surface area contributed by atoms with E-state index in [0.717, 1.165) is 22.6 Å². The summed E-state index contributed by atoms with van der Waals surface area (Å²) in [5, 5.41) is 4.89. The number of halogens is 1. The molecule has 0 radical (unpaired) electrons. The van der Waals surface area contributed by atoms with Gasteiger partial charge in [-0.3, -0.25) is 4.79 Å². The summed E-state index contributed by atoms with van der Waals surface area (Å²) >= 11 is 5.94. The molecule has 1 aliphatic heterocycles. The molecule has 0 N–H and O–H groups in total. The molecule has 0 aromatic heterocycles. The van der Waals surface area contributed by atoms with Gasteiger partial charge in [-0.1, -0.05) is 47.9 Å². The Morgan fingerprint density at radius 2 is 2.07 bits per heavy atom. The third-order valence-electron chi connectivity index (χ3n) is 4.50. The van der Waals surface area contributed by atoms with Crippen LogP contribution in [0.25, 0.3) is 0 Å². The second-order valence-electron chi connectivity index (χ2n) is 6.46. The fourth-order valence-corrected chi connectivity index (χ4v) is 3.18. The lowest BCUT2D eigenvalue weighted by Gasteiger charge is -2.24. The predicted octanol–water partition coefficient (Wildman–Crippen LogP) is 4.28. The fourth-order valence-electron chi connectivity index (χ4n) is 3.05. The predicted molar refractivity (Wildman–Crippen MR) is 106 cm³/mol. The summed E-state index contributed by atoms with van der Waals surface area (Å²) in [4.78, 5) is 19.8. The summed E-state index contributed by atoms with van der Waals surface area (Å²) in [7, 11) is 1.63. The van der Waals surface area contributed by atoms with Crippen LogP contribution in [0.3, 0.4) is 0 Å². The van der Waals surface area contributed by atoms with Gasteiger partial charge in [-0.2, -0.15) is 0 Å². The molecule has 2 aromatic carbocycles. The quantitative estimate of drug-likeness (QED) is 0.713. The number of carbonyl (C=O) groups excluding carboxylic acids is 1. The molecule has 0 saturated heterocycles. The van der Waals surface area contributed by atoms with Crippen LogP contribution in [0.1, 0.15) is 30.9 Å². The Balaban J connectivity index is 1.65. The van der Waals surface area contributed by atoms with Gasteiger partial charge in [-0.05, 0) is 35.4 Å². The highest BCUT2D eigenvalue weighted by Crippen LogP contribution is 2.21. The van der Waals surface area contributed by atoms with E-state index in [1.807, 2.05) is 60.4 Å². The van der Waals surface area contributed by atoms with E-state index in [-0.39, 0.29) is 12.0 Å². The molecule has 0 fully saturated rings. The summed E-state index contributed by atoms with van der Waals surface area (Å²) in [5.74, 6) is 0.864. The summed E-state index contributed by atoms with van der Waals surface area (Å²) in [5.41, 5.74) is 2.89. The Bertz CT molecular complexity index is 820. The van der Waals surface area contributed by atoms with E-state index in [1.54, 1.807) is 7.11 Å². The number of hydrogen-bond acceptors (Lipinski definition) is 4. The van der Waals surface area contributed by atoms with Gasteiger partial charge in [0, 0.05) is 24.4 Å². The molecule has 1 heterocycles. The van der Waals surface area contributed by atoms with E-state index in [2.05, 4.69) is 5.16 Å². The topological polar surface area (TPSA) is 51.1 Å². The molecular weight excluding hydrogens is 364 g/mol. The number of methoxy groups -OCH3 is 1. The zero-order valence-corrected chi connectivity index (χ0v) is 16.3. The van der Waals surface area contributed by atoms with Crippen LogP contribution in [0.2, 0.25) is 5.02 Å². The third-order valence-corrected chi connectivity index (χ3v) is 4.75. The molecule has 5 nitrogen and oxygen atoms in total. The molecule has 0 spiro atoms. The van der Waals surface area contributed by atoms with E-state index in [0.29, 0.717) is 31.0 Å². The molecule has 27 heavy (non-hydrogen) atoms. The maximum Gasteiger partial charge on any atom is 0.222 e. The number of rotatable bonds is 7. The van der Waals surface area contributed by atoms with E-state index in [9.17, 15) is 4.79 Å². The maximum absolute atomic E-state index is 12.4. The summed E-state index contributed by atoms with van der Waals surface area (Å²) < 4.78 is 5.27. The second-order valence-corrected chi connectivity index (χ2v) is 6.89. The SMILES string of the molecule is CCC(=O)N(Cc1cccc(OC)c1)CC1CC(c2ccc(Cl)cc2)=NO1. The zero-order valence-electron chi connectivity index (χ0n) is 15.5. The van der Waals surface area contributed by atoms with Crippen molar-refractivity contribution >= 4 is 23.2 Å². The maximum atomic E-state index is 12.4. The second kappa shape index (κ2) is 8.91. The molecule has 0 bridgehead atoms. The number of carbonyl (C=O) groups is 1. The van der Waals surface area contributed by atoms with Crippen LogP contribution in [0.15, 0.2) is 53.7 Å². The van der Waals surface area contributed by atoms with E-state index in [4.69, 9.17) is 21.2 Å². The number of oxime groups is 1. The molecule has 1 amide bonds. The standard InChI is InChI=1S/C21H23ClN2O3/c1-3-21(25)24(13-15-5-4-6-18(11-15)26-2)14-19-12-20(23-27-19)16-7-9-17(22)10-8-16/h4-11,19H,3,12-14H2,1-2H3. The van der Waals surface area contributed by atoms with Gasteiger partial charge in [0.15, 0.2) is 6.10 Å². The Kier molecular flexibility index (Phi) is 6.35. The van der Waals surface area contributed by atoms with Gasteiger partial charge in [0.2, 0.25) is 5.91 Å². The zero-order chi connectivity index (χ0) is 19.2. The number of benzene rings is 2.